The van der Waals surface area contributed by atoms with E-state index in [0.29, 0.717) is 12.3 Å². The summed E-state index contributed by atoms with van der Waals surface area (Å²) in [6.07, 6.45) is 2.64. The Balaban J connectivity index is 2.26. The second-order valence-corrected chi connectivity index (χ2v) is 4.91. The molecule has 0 atom stereocenters. The number of benzene rings is 1. The number of ether oxygens (including phenoxy) is 1. The summed E-state index contributed by atoms with van der Waals surface area (Å²) >= 11 is 0. The van der Waals surface area contributed by atoms with Gasteiger partial charge in [0.25, 0.3) is 0 Å². The van der Waals surface area contributed by atoms with Crippen molar-refractivity contribution < 1.29 is 9.53 Å². The molecule has 0 saturated heterocycles. The van der Waals surface area contributed by atoms with Crippen molar-refractivity contribution in [1.29, 1.82) is 0 Å². The van der Waals surface area contributed by atoms with Gasteiger partial charge in [0.05, 0.1) is 13.5 Å². The Morgan fingerprint density at radius 3 is 2.50 bits per heavy atom. The van der Waals surface area contributed by atoms with Gasteiger partial charge in [0.2, 0.25) is 5.91 Å². The van der Waals surface area contributed by atoms with E-state index >= 15 is 0 Å². The molecule has 1 aromatic rings. The highest BCUT2D eigenvalue weighted by Crippen LogP contribution is 2.11. The first-order chi connectivity index (χ1) is 8.61. The third-order valence-corrected chi connectivity index (χ3v) is 2.80. The number of rotatable bonds is 7. The molecule has 100 valence electrons. The van der Waals surface area contributed by atoms with Gasteiger partial charge in [-0.25, -0.2) is 0 Å². The number of carbonyl (C=O) groups is 1. The molecule has 0 spiro atoms. The highest BCUT2D eigenvalue weighted by molar-refractivity contribution is 5.78. The molecule has 0 radical (unpaired) electrons. The number of amides is 1. The lowest BCUT2D eigenvalue weighted by Crippen LogP contribution is -2.26. The summed E-state index contributed by atoms with van der Waals surface area (Å²) < 4.78 is 5.08. The van der Waals surface area contributed by atoms with E-state index in [1.807, 2.05) is 24.3 Å². The van der Waals surface area contributed by atoms with Gasteiger partial charge < -0.3 is 10.1 Å². The van der Waals surface area contributed by atoms with Gasteiger partial charge in [-0.15, -0.1) is 0 Å². The van der Waals surface area contributed by atoms with E-state index in [1.54, 1.807) is 7.11 Å². The molecule has 0 bridgehead atoms. The van der Waals surface area contributed by atoms with Gasteiger partial charge in [-0.3, -0.25) is 4.79 Å². The first kappa shape index (κ1) is 14.6. The third-order valence-electron chi connectivity index (χ3n) is 2.80. The summed E-state index contributed by atoms with van der Waals surface area (Å²) in [5.41, 5.74) is 1.01. The molecule has 0 heterocycles. The average molecular weight is 249 g/mol. The van der Waals surface area contributed by atoms with Gasteiger partial charge in [-0.1, -0.05) is 26.0 Å². The predicted octanol–water partition coefficient (Wildman–Crippen LogP) is 2.79. The Morgan fingerprint density at radius 1 is 1.28 bits per heavy atom. The Kier molecular flexibility index (Phi) is 6.26. The van der Waals surface area contributed by atoms with Crippen LogP contribution in [0.4, 0.5) is 0 Å². The zero-order valence-electron chi connectivity index (χ0n) is 11.5. The van der Waals surface area contributed by atoms with Crippen molar-refractivity contribution in [2.75, 3.05) is 13.7 Å². The molecule has 0 saturated carbocycles. The smallest absolute Gasteiger partial charge is 0.224 e. The fourth-order valence-corrected chi connectivity index (χ4v) is 1.73. The zero-order valence-corrected chi connectivity index (χ0v) is 11.5. The molecule has 1 amide bonds. The Bertz CT molecular complexity index is 357. The van der Waals surface area contributed by atoms with Gasteiger partial charge in [0, 0.05) is 6.54 Å². The van der Waals surface area contributed by atoms with Crippen LogP contribution >= 0.6 is 0 Å². The van der Waals surface area contributed by atoms with Crippen molar-refractivity contribution in [3.63, 3.8) is 0 Å². The van der Waals surface area contributed by atoms with E-state index in [9.17, 15) is 4.79 Å². The van der Waals surface area contributed by atoms with E-state index in [0.717, 1.165) is 30.7 Å². The van der Waals surface area contributed by atoms with Gasteiger partial charge in [0.15, 0.2) is 0 Å². The highest BCUT2D eigenvalue weighted by Gasteiger charge is 2.03. The van der Waals surface area contributed by atoms with Crippen LogP contribution in [0.3, 0.4) is 0 Å². The second-order valence-electron chi connectivity index (χ2n) is 4.91. The van der Waals surface area contributed by atoms with E-state index in [4.69, 9.17) is 4.74 Å². The molecular formula is C15H23NO2. The van der Waals surface area contributed by atoms with Crippen molar-refractivity contribution in [2.24, 2.45) is 5.92 Å². The topological polar surface area (TPSA) is 38.3 Å². The average Bonchev–Trinajstić information content (AvgIpc) is 2.35. The maximum Gasteiger partial charge on any atom is 0.224 e. The number of hydrogen-bond donors (Lipinski definition) is 1. The summed E-state index contributed by atoms with van der Waals surface area (Å²) in [7, 11) is 1.64. The molecule has 3 heteroatoms. The number of hydrogen-bond acceptors (Lipinski definition) is 2. The fourth-order valence-electron chi connectivity index (χ4n) is 1.73. The number of methoxy groups -OCH3 is 1. The number of carbonyl (C=O) groups excluding carboxylic acids is 1. The van der Waals surface area contributed by atoms with Crippen LogP contribution in [0.25, 0.3) is 0 Å². The van der Waals surface area contributed by atoms with Crippen molar-refractivity contribution in [3.8, 4) is 5.75 Å². The van der Waals surface area contributed by atoms with Crippen molar-refractivity contribution >= 4 is 5.91 Å². The largest absolute Gasteiger partial charge is 0.497 e. The molecule has 0 aliphatic carbocycles. The van der Waals surface area contributed by atoms with Crippen molar-refractivity contribution in [1.82, 2.24) is 5.32 Å². The van der Waals surface area contributed by atoms with Gasteiger partial charge >= 0.3 is 0 Å². The Hall–Kier alpha value is -1.51. The van der Waals surface area contributed by atoms with Crippen molar-refractivity contribution in [3.05, 3.63) is 29.8 Å². The molecule has 1 aromatic carbocycles. The molecule has 1 rings (SSSR count). The SMILES string of the molecule is COc1ccc(CC(=O)NCCCC(C)C)cc1. The second kappa shape index (κ2) is 7.75. The lowest BCUT2D eigenvalue weighted by Gasteiger charge is -2.07. The van der Waals surface area contributed by atoms with E-state index in [1.165, 1.54) is 0 Å². The minimum atomic E-state index is 0.0870. The lowest BCUT2D eigenvalue weighted by molar-refractivity contribution is -0.120. The molecule has 0 unspecified atom stereocenters. The maximum atomic E-state index is 11.7. The quantitative estimate of drug-likeness (QED) is 0.755. The summed E-state index contributed by atoms with van der Waals surface area (Å²) in [6.45, 7) is 5.16. The van der Waals surface area contributed by atoms with Gasteiger partial charge in [-0.05, 0) is 36.5 Å². The molecular weight excluding hydrogens is 226 g/mol. The van der Waals surface area contributed by atoms with Gasteiger partial charge in [-0.2, -0.15) is 0 Å². The Morgan fingerprint density at radius 2 is 1.94 bits per heavy atom. The molecule has 0 aliphatic rings. The summed E-state index contributed by atoms with van der Waals surface area (Å²) in [4.78, 5) is 11.7. The Labute approximate surface area is 110 Å². The minimum Gasteiger partial charge on any atom is -0.497 e. The number of nitrogens with one attached hydrogen (secondary N) is 1. The van der Waals surface area contributed by atoms with Crippen LogP contribution < -0.4 is 10.1 Å². The molecule has 18 heavy (non-hydrogen) atoms. The van der Waals surface area contributed by atoms with Crippen LogP contribution in [0.5, 0.6) is 5.75 Å². The van der Waals surface area contributed by atoms with Crippen molar-refractivity contribution in [2.45, 2.75) is 33.1 Å². The van der Waals surface area contributed by atoms with Gasteiger partial charge in [0.1, 0.15) is 5.75 Å². The standard InChI is InChI=1S/C15H23NO2/c1-12(2)5-4-10-16-15(17)11-13-6-8-14(18-3)9-7-13/h6-9,12H,4-5,10-11H2,1-3H3,(H,16,17). The highest BCUT2D eigenvalue weighted by atomic mass is 16.5. The molecule has 0 fully saturated rings. The van der Waals surface area contributed by atoms with E-state index in [-0.39, 0.29) is 5.91 Å². The van der Waals surface area contributed by atoms with E-state index < -0.39 is 0 Å². The van der Waals surface area contributed by atoms with Crippen LogP contribution in [-0.4, -0.2) is 19.6 Å². The molecule has 3 nitrogen and oxygen atoms in total. The summed E-state index contributed by atoms with van der Waals surface area (Å²) in [5.74, 6) is 1.60. The lowest BCUT2D eigenvalue weighted by atomic mass is 10.1. The van der Waals surface area contributed by atoms with Crippen LogP contribution in [-0.2, 0) is 11.2 Å². The van der Waals surface area contributed by atoms with E-state index in [2.05, 4.69) is 19.2 Å². The molecule has 0 aromatic heterocycles. The first-order valence-corrected chi connectivity index (χ1v) is 6.51. The predicted molar refractivity (Wildman–Crippen MR) is 73.8 cm³/mol. The fraction of sp³-hybridized carbons (Fsp3) is 0.533. The molecule has 0 aliphatic heterocycles. The van der Waals surface area contributed by atoms with Crippen LogP contribution in [0.1, 0.15) is 32.3 Å². The molecule has 1 N–H and O–H groups in total. The monoisotopic (exact) mass is 249 g/mol. The maximum absolute atomic E-state index is 11.7. The van der Waals surface area contributed by atoms with Crippen LogP contribution in [0.2, 0.25) is 0 Å². The van der Waals surface area contributed by atoms with Crippen LogP contribution in [0.15, 0.2) is 24.3 Å². The first-order valence-electron chi connectivity index (χ1n) is 6.51. The third kappa shape index (κ3) is 5.71. The minimum absolute atomic E-state index is 0.0870. The van der Waals surface area contributed by atoms with Crippen LogP contribution in [0, 0.1) is 5.92 Å². The zero-order chi connectivity index (χ0) is 13.4. The normalized spacial score (nSPS) is 10.4. The summed E-state index contributed by atoms with van der Waals surface area (Å²) in [5, 5.41) is 2.94. The summed E-state index contributed by atoms with van der Waals surface area (Å²) in [6, 6.07) is 7.60.